The van der Waals surface area contributed by atoms with E-state index in [1.807, 2.05) is 0 Å². The first-order valence-electron chi connectivity index (χ1n) is 13.0. The van der Waals surface area contributed by atoms with E-state index >= 15 is 0 Å². The van der Waals surface area contributed by atoms with Crippen molar-refractivity contribution in [3.05, 3.63) is 23.8 Å². The van der Waals surface area contributed by atoms with Crippen LogP contribution in [-0.2, 0) is 4.79 Å². The Morgan fingerprint density at radius 3 is 2.21 bits per heavy atom. The predicted octanol–water partition coefficient (Wildman–Crippen LogP) is 3.93. The van der Waals surface area contributed by atoms with Crippen molar-refractivity contribution in [2.75, 3.05) is 0 Å². The average molecular weight is 461 g/mol. The molecule has 4 N–H and O–H groups in total. The molecule has 0 heterocycles. The summed E-state index contributed by atoms with van der Waals surface area (Å²) in [5, 5.41) is 46.1. The van der Waals surface area contributed by atoms with Gasteiger partial charge in [0.25, 0.3) is 0 Å². The monoisotopic (exact) mass is 460 g/mol. The van der Waals surface area contributed by atoms with Crippen molar-refractivity contribution in [2.24, 2.45) is 34.5 Å². The summed E-state index contributed by atoms with van der Waals surface area (Å²) in [4.78, 5) is 13.3. The third-order valence-electron chi connectivity index (χ3n) is 10.9. The molecule has 0 radical (unpaired) electrons. The lowest BCUT2D eigenvalue weighted by Crippen LogP contribution is -2.74. The minimum absolute atomic E-state index is 0.0669. The van der Waals surface area contributed by atoms with Gasteiger partial charge < -0.3 is 20.4 Å². The molecule has 3 fully saturated rings. The molecule has 0 amide bonds. The van der Waals surface area contributed by atoms with Crippen LogP contribution in [0.1, 0.15) is 86.5 Å². The fourth-order valence-electron chi connectivity index (χ4n) is 7.89. The van der Waals surface area contributed by atoms with E-state index < -0.39 is 39.5 Å². The van der Waals surface area contributed by atoms with E-state index in [0.717, 1.165) is 6.42 Å². The first-order chi connectivity index (χ1) is 15.2. The van der Waals surface area contributed by atoms with Gasteiger partial charge in [-0.15, -0.1) is 0 Å². The molecule has 4 aliphatic carbocycles. The van der Waals surface area contributed by atoms with Gasteiger partial charge in [0.1, 0.15) is 5.60 Å². The van der Waals surface area contributed by atoms with Crippen molar-refractivity contribution in [1.82, 2.24) is 0 Å². The highest BCUT2D eigenvalue weighted by atomic mass is 16.3. The molecule has 3 saturated carbocycles. The first kappa shape index (κ1) is 25.1. The summed E-state index contributed by atoms with van der Waals surface area (Å²) in [6.07, 6.45) is 8.21. The maximum Gasteiger partial charge on any atom is 0.188 e. The molecule has 0 aromatic heterocycles. The summed E-state index contributed by atoms with van der Waals surface area (Å²) >= 11 is 0. The summed E-state index contributed by atoms with van der Waals surface area (Å²) in [5.41, 5.74) is -5.75. The molecule has 0 aromatic carbocycles. The molecule has 9 atom stereocenters. The van der Waals surface area contributed by atoms with Crippen LogP contribution >= 0.6 is 0 Å². The number of allylic oxidation sites excluding steroid dienone is 2. The maximum atomic E-state index is 13.3. The van der Waals surface area contributed by atoms with Crippen molar-refractivity contribution in [3.8, 4) is 0 Å². The molecule has 186 valence electrons. The molecule has 0 spiro atoms. The van der Waals surface area contributed by atoms with E-state index in [1.165, 1.54) is 6.08 Å². The number of ketones is 1. The number of carbonyl (C=O) groups is 1. The van der Waals surface area contributed by atoms with Crippen molar-refractivity contribution < 1.29 is 25.2 Å². The number of fused-ring (bicyclic) bond motifs is 5. The standard InChI is InChI=1S/C28H44O5/c1-17(2)18(3)7-8-19(4)21-10-12-26(31)22-15-23(30)28(33)16-20(29)9-11-25(28,6)27(22,32)14-13-24(21,26)5/h7-8,15,17-21,29,31-33H,9-14,16H2,1-6H3. The summed E-state index contributed by atoms with van der Waals surface area (Å²) in [6.45, 7) is 12.8. The lowest BCUT2D eigenvalue weighted by molar-refractivity contribution is -0.237. The number of hydrogen-bond donors (Lipinski definition) is 4. The maximum absolute atomic E-state index is 13.3. The molecule has 5 nitrogen and oxygen atoms in total. The Morgan fingerprint density at radius 1 is 0.909 bits per heavy atom. The number of carbonyl (C=O) groups excluding carboxylic acids is 1. The topological polar surface area (TPSA) is 98.0 Å². The van der Waals surface area contributed by atoms with E-state index in [-0.39, 0.29) is 18.3 Å². The third-order valence-corrected chi connectivity index (χ3v) is 10.9. The zero-order valence-electron chi connectivity index (χ0n) is 21.3. The summed E-state index contributed by atoms with van der Waals surface area (Å²) in [7, 11) is 0. The molecule has 4 aliphatic rings. The van der Waals surface area contributed by atoms with Gasteiger partial charge in [0.2, 0.25) is 0 Å². The Balaban J connectivity index is 1.73. The van der Waals surface area contributed by atoms with E-state index in [0.29, 0.717) is 49.5 Å². The Bertz CT molecular complexity index is 878. The zero-order valence-corrected chi connectivity index (χ0v) is 21.3. The van der Waals surface area contributed by atoms with Crippen LogP contribution in [0, 0.1) is 34.5 Å². The lowest BCUT2D eigenvalue weighted by Gasteiger charge is -2.65. The van der Waals surface area contributed by atoms with Gasteiger partial charge in [-0.05, 0) is 73.8 Å². The molecule has 5 heteroatoms. The van der Waals surface area contributed by atoms with Crippen molar-refractivity contribution >= 4 is 5.78 Å². The van der Waals surface area contributed by atoms with Crippen LogP contribution in [0.4, 0.5) is 0 Å². The Morgan fingerprint density at radius 2 is 1.58 bits per heavy atom. The van der Waals surface area contributed by atoms with Crippen LogP contribution in [0.25, 0.3) is 0 Å². The number of aliphatic hydroxyl groups excluding tert-OH is 1. The van der Waals surface area contributed by atoms with Crippen molar-refractivity contribution in [3.63, 3.8) is 0 Å². The van der Waals surface area contributed by atoms with E-state index in [1.54, 1.807) is 6.92 Å². The second kappa shape index (κ2) is 7.74. The van der Waals surface area contributed by atoms with Crippen LogP contribution in [-0.4, -0.2) is 49.1 Å². The van der Waals surface area contributed by atoms with Crippen LogP contribution in [0.2, 0.25) is 0 Å². The quantitative estimate of drug-likeness (QED) is 0.477. The lowest BCUT2D eigenvalue weighted by atomic mass is 9.42. The minimum Gasteiger partial charge on any atom is -0.393 e. The van der Waals surface area contributed by atoms with Crippen molar-refractivity contribution in [1.29, 1.82) is 0 Å². The average Bonchev–Trinajstić information content (AvgIpc) is 3.02. The zero-order chi connectivity index (χ0) is 24.6. The molecule has 33 heavy (non-hydrogen) atoms. The van der Waals surface area contributed by atoms with Gasteiger partial charge in [0.05, 0.1) is 17.3 Å². The Labute approximate surface area is 199 Å². The number of aliphatic hydroxyl groups is 4. The number of rotatable bonds is 4. The Hall–Kier alpha value is -1.01. The first-order valence-corrected chi connectivity index (χ1v) is 13.0. The molecule has 4 rings (SSSR count). The largest absolute Gasteiger partial charge is 0.393 e. The highest BCUT2D eigenvalue weighted by molar-refractivity contribution is 6.00. The second-order valence-electron chi connectivity index (χ2n) is 12.6. The van der Waals surface area contributed by atoms with Crippen LogP contribution in [0.3, 0.4) is 0 Å². The van der Waals surface area contributed by atoms with Crippen LogP contribution in [0.15, 0.2) is 23.8 Å². The SMILES string of the molecule is CC(C)C(C)C=CC(C)C1CCC2(O)C3=CC(=O)C4(O)CC(O)CCC4(C)C3(O)CCC12C. The summed E-state index contributed by atoms with van der Waals surface area (Å²) < 4.78 is 0. The molecular weight excluding hydrogens is 416 g/mol. The van der Waals surface area contributed by atoms with Crippen LogP contribution in [0.5, 0.6) is 0 Å². The molecule has 0 bridgehead atoms. The molecule has 0 aliphatic heterocycles. The normalized spacial score (nSPS) is 49.4. The van der Waals surface area contributed by atoms with E-state index in [4.69, 9.17) is 0 Å². The Kier molecular flexibility index (Phi) is 5.89. The van der Waals surface area contributed by atoms with Gasteiger partial charge in [-0.25, -0.2) is 0 Å². The van der Waals surface area contributed by atoms with Crippen LogP contribution < -0.4 is 0 Å². The predicted molar refractivity (Wildman–Crippen MR) is 128 cm³/mol. The van der Waals surface area contributed by atoms with E-state index in [2.05, 4.69) is 46.8 Å². The molecular formula is C28H44O5. The molecule has 0 aromatic rings. The summed E-state index contributed by atoms with van der Waals surface area (Å²) in [5.74, 6) is 1.08. The van der Waals surface area contributed by atoms with Gasteiger partial charge in [-0.1, -0.05) is 53.7 Å². The highest BCUT2D eigenvalue weighted by Crippen LogP contribution is 2.70. The van der Waals surface area contributed by atoms with Gasteiger partial charge in [-0.3, -0.25) is 4.79 Å². The molecule has 9 unspecified atom stereocenters. The van der Waals surface area contributed by atoms with Gasteiger partial charge in [0, 0.05) is 17.3 Å². The van der Waals surface area contributed by atoms with Gasteiger partial charge in [-0.2, -0.15) is 0 Å². The highest BCUT2D eigenvalue weighted by Gasteiger charge is 2.74. The van der Waals surface area contributed by atoms with Gasteiger partial charge >= 0.3 is 0 Å². The number of hydrogen-bond acceptors (Lipinski definition) is 5. The smallest absolute Gasteiger partial charge is 0.188 e. The summed E-state index contributed by atoms with van der Waals surface area (Å²) in [6, 6.07) is 0. The second-order valence-corrected chi connectivity index (χ2v) is 12.6. The van der Waals surface area contributed by atoms with E-state index in [9.17, 15) is 25.2 Å². The fraction of sp³-hybridized carbons (Fsp3) is 0.821. The van der Waals surface area contributed by atoms with Gasteiger partial charge in [0.15, 0.2) is 5.78 Å². The third kappa shape index (κ3) is 3.15. The fourth-order valence-corrected chi connectivity index (χ4v) is 7.89. The minimum atomic E-state index is -1.81. The van der Waals surface area contributed by atoms with Crippen molar-refractivity contribution in [2.45, 2.75) is 109 Å². The molecule has 0 saturated heterocycles.